The van der Waals surface area contributed by atoms with Crippen LogP contribution in [0.3, 0.4) is 0 Å². The van der Waals surface area contributed by atoms with Gasteiger partial charge in [0.05, 0.1) is 6.61 Å². The van der Waals surface area contributed by atoms with E-state index >= 15 is 0 Å². The summed E-state index contributed by atoms with van der Waals surface area (Å²) in [6.45, 7) is 6.60. The van der Waals surface area contributed by atoms with E-state index in [0.717, 1.165) is 22.5 Å². The lowest BCUT2D eigenvalue weighted by Gasteiger charge is -2.19. The van der Waals surface area contributed by atoms with Crippen molar-refractivity contribution in [3.63, 3.8) is 0 Å². The Balaban J connectivity index is 1.89. The van der Waals surface area contributed by atoms with E-state index in [1.54, 1.807) is 7.05 Å². The van der Waals surface area contributed by atoms with Gasteiger partial charge in [0.1, 0.15) is 22.0 Å². The predicted molar refractivity (Wildman–Crippen MR) is 116 cm³/mol. The van der Waals surface area contributed by atoms with Crippen LogP contribution in [0, 0.1) is 0 Å². The number of rotatable bonds is 6. The quantitative estimate of drug-likeness (QED) is 0.351. The lowest BCUT2D eigenvalue weighted by atomic mass is 9.96. The Labute approximate surface area is 173 Å². The number of para-hydroxylation sites is 1. The van der Waals surface area contributed by atoms with Crippen molar-refractivity contribution in [1.29, 1.82) is 0 Å². The molecule has 1 aromatic carbocycles. The molecule has 3 aromatic rings. The molecule has 154 valence electrons. The van der Waals surface area contributed by atoms with Gasteiger partial charge >= 0.3 is 5.69 Å². The highest BCUT2D eigenvalue weighted by molar-refractivity contribution is 7.99. The van der Waals surface area contributed by atoms with Crippen molar-refractivity contribution < 1.29 is 4.74 Å². The topological polar surface area (TPSA) is 79.0 Å². The fourth-order valence-corrected chi connectivity index (χ4v) is 3.73. The second kappa shape index (κ2) is 8.41. The van der Waals surface area contributed by atoms with Crippen LogP contribution < -0.4 is 16.0 Å². The molecule has 0 aliphatic carbocycles. The molecule has 0 bridgehead atoms. The summed E-state index contributed by atoms with van der Waals surface area (Å²) in [4.78, 5) is 34.4. The molecule has 0 amide bonds. The summed E-state index contributed by atoms with van der Waals surface area (Å²) in [6, 6.07) is 9.66. The molecule has 29 heavy (non-hydrogen) atoms. The van der Waals surface area contributed by atoms with Crippen LogP contribution in [0.4, 0.5) is 0 Å². The van der Waals surface area contributed by atoms with E-state index in [1.165, 1.54) is 23.4 Å². The number of hydrogen-bond donors (Lipinski definition) is 0. The largest absolute Gasteiger partial charge is 0.494 e. The van der Waals surface area contributed by atoms with Crippen LogP contribution in [0.25, 0.3) is 11.0 Å². The number of fused-ring (bicyclic) bond motifs is 1. The molecule has 0 aliphatic rings. The van der Waals surface area contributed by atoms with Gasteiger partial charge in [0.25, 0.3) is 5.56 Å². The SMILES string of the molecule is Cn1c(=O)c2c(SCCCOc3ccccc3)nc(C(C)(C)C)nc2n(C)c1=O. The minimum Gasteiger partial charge on any atom is -0.494 e. The van der Waals surface area contributed by atoms with E-state index in [1.807, 2.05) is 51.1 Å². The number of aromatic nitrogens is 4. The highest BCUT2D eigenvalue weighted by atomic mass is 32.2. The van der Waals surface area contributed by atoms with Crippen molar-refractivity contribution in [3.05, 3.63) is 57.0 Å². The average Bonchev–Trinajstić information content (AvgIpc) is 2.70. The normalized spacial score (nSPS) is 11.8. The number of aryl methyl sites for hydroxylation is 1. The van der Waals surface area contributed by atoms with Crippen molar-refractivity contribution in [3.8, 4) is 5.75 Å². The van der Waals surface area contributed by atoms with Crippen molar-refractivity contribution in [2.45, 2.75) is 37.6 Å². The van der Waals surface area contributed by atoms with E-state index in [4.69, 9.17) is 4.74 Å². The second-order valence-electron chi connectivity index (χ2n) is 7.87. The fourth-order valence-electron chi connectivity index (χ4n) is 2.80. The Morgan fingerprint density at radius 3 is 2.38 bits per heavy atom. The molecule has 0 N–H and O–H groups in total. The van der Waals surface area contributed by atoms with Gasteiger partial charge in [0.2, 0.25) is 0 Å². The molecule has 0 unspecified atom stereocenters. The van der Waals surface area contributed by atoms with Crippen molar-refractivity contribution in [1.82, 2.24) is 19.1 Å². The van der Waals surface area contributed by atoms with Gasteiger partial charge < -0.3 is 4.74 Å². The maximum atomic E-state index is 12.8. The molecule has 3 rings (SSSR count). The number of benzene rings is 1. The highest BCUT2D eigenvalue weighted by Crippen LogP contribution is 2.27. The van der Waals surface area contributed by atoms with Crippen LogP contribution in [-0.2, 0) is 19.5 Å². The van der Waals surface area contributed by atoms with Crippen molar-refractivity contribution in [2.24, 2.45) is 14.1 Å². The molecule has 2 aromatic heterocycles. The van der Waals surface area contributed by atoms with Gasteiger partial charge in [-0.05, 0) is 18.6 Å². The van der Waals surface area contributed by atoms with Crippen LogP contribution in [0.2, 0.25) is 0 Å². The van der Waals surface area contributed by atoms with Gasteiger partial charge in [0, 0.05) is 25.3 Å². The Morgan fingerprint density at radius 1 is 1.03 bits per heavy atom. The van der Waals surface area contributed by atoms with Crippen LogP contribution in [0.15, 0.2) is 44.9 Å². The summed E-state index contributed by atoms with van der Waals surface area (Å²) >= 11 is 1.49. The number of nitrogens with zero attached hydrogens (tertiary/aromatic N) is 4. The zero-order chi connectivity index (χ0) is 21.2. The zero-order valence-corrected chi connectivity index (χ0v) is 18.2. The van der Waals surface area contributed by atoms with Crippen LogP contribution in [0.5, 0.6) is 5.75 Å². The minimum atomic E-state index is -0.395. The van der Waals surface area contributed by atoms with Gasteiger partial charge in [-0.1, -0.05) is 39.0 Å². The Morgan fingerprint density at radius 2 is 1.72 bits per heavy atom. The van der Waals surface area contributed by atoms with Crippen molar-refractivity contribution in [2.75, 3.05) is 12.4 Å². The summed E-state index contributed by atoms with van der Waals surface area (Å²) in [6.07, 6.45) is 0.794. The Bertz CT molecular complexity index is 1130. The van der Waals surface area contributed by atoms with Gasteiger partial charge in [-0.25, -0.2) is 14.8 Å². The van der Waals surface area contributed by atoms with Crippen LogP contribution >= 0.6 is 11.8 Å². The van der Waals surface area contributed by atoms with Crippen molar-refractivity contribution >= 4 is 22.8 Å². The third-order valence-electron chi connectivity index (χ3n) is 4.48. The van der Waals surface area contributed by atoms with E-state index < -0.39 is 5.69 Å². The first-order valence-electron chi connectivity index (χ1n) is 9.49. The Kier molecular flexibility index (Phi) is 6.12. The average molecular weight is 415 g/mol. The van der Waals surface area contributed by atoms with E-state index in [2.05, 4.69) is 9.97 Å². The lowest BCUT2D eigenvalue weighted by molar-refractivity contribution is 0.318. The standard InChI is InChI=1S/C21H26N4O3S/c1-21(2,3)19-22-16-15(18(26)25(5)20(27)24(16)4)17(23-19)29-13-9-12-28-14-10-7-6-8-11-14/h6-8,10-11H,9,12-13H2,1-5H3. The van der Waals surface area contributed by atoms with Gasteiger partial charge in [0.15, 0.2) is 5.65 Å². The molecule has 0 saturated carbocycles. The van der Waals surface area contributed by atoms with Gasteiger partial charge in [-0.3, -0.25) is 13.9 Å². The molecule has 2 heterocycles. The molecule has 0 fully saturated rings. The first-order chi connectivity index (χ1) is 13.7. The predicted octanol–water partition coefficient (Wildman–Crippen LogP) is 2.89. The molecular weight excluding hydrogens is 388 g/mol. The molecule has 0 aliphatic heterocycles. The molecule has 0 saturated heterocycles. The van der Waals surface area contributed by atoms with Gasteiger partial charge in [-0.15, -0.1) is 11.8 Å². The zero-order valence-electron chi connectivity index (χ0n) is 17.4. The summed E-state index contributed by atoms with van der Waals surface area (Å²) in [5.41, 5.74) is -0.697. The lowest BCUT2D eigenvalue weighted by Crippen LogP contribution is -2.38. The highest BCUT2D eigenvalue weighted by Gasteiger charge is 2.23. The summed E-state index contributed by atoms with van der Waals surface area (Å²) in [7, 11) is 3.11. The first-order valence-corrected chi connectivity index (χ1v) is 10.5. The monoisotopic (exact) mass is 414 g/mol. The summed E-state index contributed by atoms with van der Waals surface area (Å²) < 4.78 is 8.24. The maximum Gasteiger partial charge on any atom is 0.332 e. The molecule has 8 heteroatoms. The molecule has 7 nitrogen and oxygen atoms in total. The van der Waals surface area contributed by atoms with Crippen LogP contribution in [-0.4, -0.2) is 31.5 Å². The van der Waals surface area contributed by atoms with Crippen LogP contribution in [0.1, 0.15) is 33.0 Å². The summed E-state index contributed by atoms with van der Waals surface area (Å²) in [5.74, 6) is 2.18. The second-order valence-corrected chi connectivity index (χ2v) is 8.95. The first kappa shape index (κ1) is 21.1. The Hall–Kier alpha value is -2.61. The number of hydrogen-bond acceptors (Lipinski definition) is 6. The molecular formula is C21H26N4O3S. The molecule has 0 radical (unpaired) electrons. The summed E-state index contributed by atoms with van der Waals surface area (Å²) in [5, 5.41) is 0.993. The smallest absolute Gasteiger partial charge is 0.332 e. The van der Waals surface area contributed by atoms with Gasteiger partial charge in [-0.2, -0.15) is 0 Å². The third kappa shape index (κ3) is 4.53. The number of thioether (sulfide) groups is 1. The molecule has 0 spiro atoms. The fraction of sp³-hybridized carbons (Fsp3) is 0.429. The van der Waals surface area contributed by atoms with E-state index in [0.29, 0.717) is 28.5 Å². The minimum absolute atomic E-state index is 0.308. The maximum absolute atomic E-state index is 12.8. The van der Waals surface area contributed by atoms with E-state index in [-0.39, 0.29) is 11.0 Å². The van der Waals surface area contributed by atoms with E-state index in [9.17, 15) is 9.59 Å². The molecule has 0 atom stereocenters. The number of ether oxygens (including phenoxy) is 1. The third-order valence-corrected chi connectivity index (χ3v) is 5.54.